The van der Waals surface area contributed by atoms with Gasteiger partial charge in [-0.15, -0.1) is 0 Å². The van der Waals surface area contributed by atoms with Crippen LogP contribution in [0.4, 0.5) is 8.78 Å². The topological polar surface area (TPSA) is 52.9 Å². The van der Waals surface area contributed by atoms with Crippen LogP contribution in [-0.4, -0.2) is 43.6 Å². The second kappa shape index (κ2) is 8.71. The molecule has 2 unspecified atom stereocenters. The molecule has 0 spiro atoms. The molecular formula is C22H25F2N2O4P. The van der Waals surface area contributed by atoms with Gasteiger partial charge in [0, 0.05) is 30.6 Å². The summed E-state index contributed by atoms with van der Waals surface area (Å²) >= 11 is 0. The molecule has 0 N–H and O–H groups in total. The summed E-state index contributed by atoms with van der Waals surface area (Å²) in [5, 5.41) is 0.891. The van der Waals surface area contributed by atoms with Crippen molar-refractivity contribution in [1.82, 2.24) is 9.24 Å². The first kappa shape index (κ1) is 22.0. The van der Waals surface area contributed by atoms with Gasteiger partial charge < -0.3 is 9.64 Å². The number of nitrogens with zero attached hydrogens (tertiary/aromatic N) is 2. The number of rotatable bonds is 6. The van der Waals surface area contributed by atoms with Gasteiger partial charge in [-0.3, -0.25) is 13.4 Å². The first-order valence-electron chi connectivity index (χ1n) is 10.0. The molecule has 0 aliphatic carbocycles. The van der Waals surface area contributed by atoms with Crippen molar-refractivity contribution in [2.45, 2.75) is 18.9 Å². The summed E-state index contributed by atoms with van der Waals surface area (Å²) in [4.78, 5) is 2.06. The zero-order chi connectivity index (χ0) is 22.2. The Hall–Kier alpha value is -2.25. The van der Waals surface area contributed by atoms with E-state index in [9.17, 15) is 13.3 Å². The van der Waals surface area contributed by atoms with Crippen molar-refractivity contribution in [1.29, 1.82) is 0 Å². The lowest BCUT2D eigenvalue weighted by Gasteiger charge is -2.30. The second-order valence-electron chi connectivity index (χ2n) is 7.82. The minimum Gasteiger partial charge on any atom is -0.497 e. The number of aromatic nitrogens is 1. The van der Waals surface area contributed by atoms with E-state index in [2.05, 4.69) is 4.90 Å². The molecule has 1 aliphatic heterocycles. The second-order valence-corrected chi connectivity index (χ2v) is 9.66. The van der Waals surface area contributed by atoms with E-state index in [-0.39, 0.29) is 6.61 Å². The molecule has 31 heavy (non-hydrogen) atoms. The Kier molecular flexibility index (Phi) is 6.17. The monoisotopic (exact) mass is 450 g/mol. The summed E-state index contributed by atoms with van der Waals surface area (Å²) in [6, 6.07) is 8.68. The molecule has 6 nitrogen and oxygen atoms in total. The molecule has 3 aromatic rings. The third kappa shape index (κ3) is 4.53. The van der Waals surface area contributed by atoms with Crippen molar-refractivity contribution in [3.63, 3.8) is 0 Å². The van der Waals surface area contributed by atoms with Crippen molar-refractivity contribution < 1.29 is 27.1 Å². The molecule has 1 aromatic heterocycles. The van der Waals surface area contributed by atoms with Crippen LogP contribution in [0.3, 0.4) is 0 Å². The number of ether oxygens (including phenoxy) is 1. The summed E-state index contributed by atoms with van der Waals surface area (Å²) in [6.45, 7) is 0.941. The Bertz CT molecular complexity index is 1130. The summed E-state index contributed by atoms with van der Waals surface area (Å²) in [5.41, 5.74) is 1.96. The minimum absolute atomic E-state index is 0.142. The summed E-state index contributed by atoms with van der Waals surface area (Å²) in [7, 11) is 1.77. The van der Waals surface area contributed by atoms with E-state index in [4.69, 9.17) is 13.8 Å². The molecule has 2 aromatic carbocycles. The highest BCUT2D eigenvalue weighted by molar-refractivity contribution is 7.52. The quantitative estimate of drug-likeness (QED) is 0.485. The maximum atomic E-state index is 13.8. The fraction of sp³-hybridized carbons (Fsp3) is 0.364. The predicted octanol–water partition coefficient (Wildman–Crippen LogP) is 5.17. The van der Waals surface area contributed by atoms with Crippen LogP contribution in [0.2, 0.25) is 0 Å². The van der Waals surface area contributed by atoms with Gasteiger partial charge in [-0.2, -0.15) is 0 Å². The van der Waals surface area contributed by atoms with E-state index >= 15 is 0 Å². The first-order valence-corrected chi connectivity index (χ1v) is 11.5. The van der Waals surface area contributed by atoms with Gasteiger partial charge in [-0.05, 0) is 62.0 Å². The lowest BCUT2D eigenvalue weighted by Crippen LogP contribution is -2.17. The van der Waals surface area contributed by atoms with Crippen LogP contribution < -0.4 is 4.74 Å². The van der Waals surface area contributed by atoms with Gasteiger partial charge in [0.2, 0.25) is 0 Å². The lowest BCUT2D eigenvalue weighted by molar-refractivity contribution is 0.0767. The van der Waals surface area contributed by atoms with Gasteiger partial charge in [0.05, 0.1) is 25.3 Å². The van der Waals surface area contributed by atoms with Gasteiger partial charge in [0.1, 0.15) is 17.4 Å². The molecule has 166 valence electrons. The largest absolute Gasteiger partial charge is 0.497 e. The minimum atomic E-state index is -3.80. The number of hydrogen-bond acceptors (Lipinski definition) is 5. The third-order valence-electron chi connectivity index (χ3n) is 5.32. The van der Waals surface area contributed by atoms with E-state index in [1.807, 2.05) is 26.2 Å². The molecule has 0 saturated carbocycles. The van der Waals surface area contributed by atoms with Gasteiger partial charge >= 0.3 is 7.75 Å². The van der Waals surface area contributed by atoms with Crippen molar-refractivity contribution in [2.24, 2.45) is 0 Å². The molecule has 1 aliphatic rings. The third-order valence-corrected chi connectivity index (χ3v) is 7.21. The molecule has 9 heteroatoms. The fourth-order valence-corrected chi connectivity index (χ4v) is 5.64. The van der Waals surface area contributed by atoms with Gasteiger partial charge in [-0.1, -0.05) is 0 Å². The van der Waals surface area contributed by atoms with Crippen molar-refractivity contribution >= 4 is 18.6 Å². The summed E-state index contributed by atoms with van der Waals surface area (Å²) in [6.07, 6.45) is 2.10. The summed E-state index contributed by atoms with van der Waals surface area (Å²) in [5.74, 6) is -0.720. The number of likely N-dealkylation sites (N-methyl/N-ethyl adjacent to an activating group) is 1. The molecule has 1 fully saturated rings. The zero-order valence-corrected chi connectivity index (χ0v) is 18.6. The number of hydrogen-bond donors (Lipinski definition) is 0. The van der Waals surface area contributed by atoms with Gasteiger partial charge in [-0.25, -0.2) is 13.3 Å². The standard InChI is InChI=1S/C22H25F2N2O4P/c1-25(2)8-6-15-14-26(21-5-4-19(28-3)13-20(15)21)31(27)29-9-7-22(30-31)16-10-17(23)12-18(24)11-16/h4-5,10-14,22H,6-9H2,1-3H3. The normalized spacial score (nSPS) is 21.7. The first-order chi connectivity index (χ1) is 14.8. The van der Waals surface area contributed by atoms with Gasteiger partial charge in [0.25, 0.3) is 0 Å². The molecule has 4 rings (SSSR count). The number of halogens is 2. The Labute approximate surface area is 179 Å². The predicted molar refractivity (Wildman–Crippen MR) is 115 cm³/mol. The van der Waals surface area contributed by atoms with Crippen LogP contribution in [0, 0.1) is 11.6 Å². The van der Waals surface area contributed by atoms with Crippen LogP contribution in [0.15, 0.2) is 42.6 Å². The Morgan fingerprint density at radius 3 is 2.61 bits per heavy atom. The van der Waals surface area contributed by atoms with Crippen molar-refractivity contribution in [3.8, 4) is 5.75 Å². The van der Waals surface area contributed by atoms with E-state index in [1.54, 1.807) is 19.4 Å². The number of methoxy groups -OCH3 is 1. The fourth-order valence-electron chi connectivity index (χ4n) is 3.75. The van der Waals surface area contributed by atoms with Crippen molar-refractivity contribution in [3.05, 3.63) is 65.4 Å². The summed E-state index contributed by atoms with van der Waals surface area (Å²) < 4.78 is 59.6. The molecule has 0 radical (unpaired) electrons. The lowest BCUT2D eigenvalue weighted by atomic mass is 10.1. The Balaban J connectivity index is 1.74. The highest BCUT2D eigenvalue weighted by atomic mass is 31.2. The zero-order valence-electron chi connectivity index (χ0n) is 17.7. The molecule has 2 heterocycles. The molecule has 2 atom stereocenters. The highest BCUT2D eigenvalue weighted by Gasteiger charge is 2.38. The smallest absolute Gasteiger partial charge is 0.439 e. The van der Waals surface area contributed by atoms with Crippen LogP contribution in [-0.2, 0) is 20.0 Å². The highest BCUT2D eigenvalue weighted by Crippen LogP contribution is 2.58. The Morgan fingerprint density at radius 1 is 1.19 bits per heavy atom. The van der Waals surface area contributed by atoms with Crippen LogP contribution in [0.25, 0.3) is 10.9 Å². The SMILES string of the molecule is COc1ccc2c(c1)c(CCN(C)C)cn2P1(=O)OCCC(c2cc(F)cc(F)c2)O1. The molecule has 1 saturated heterocycles. The average Bonchev–Trinajstić information content (AvgIpc) is 3.10. The van der Waals surface area contributed by atoms with Gasteiger partial charge in [0.15, 0.2) is 0 Å². The van der Waals surface area contributed by atoms with E-state index in [0.717, 1.165) is 30.0 Å². The van der Waals surface area contributed by atoms with Crippen LogP contribution in [0.1, 0.15) is 23.7 Å². The molecule has 0 bridgehead atoms. The maximum Gasteiger partial charge on any atom is 0.439 e. The number of fused-ring (bicyclic) bond motifs is 1. The average molecular weight is 450 g/mol. The van der Waals surface area contributed by atoms with Crippen LogP contribution in [0.5, 0.6) is 5.75 Å². The van der Waals surface area contributed by atoms with Crippen molar-refractivity contribution in [2.75, 3.05) is 34.4 Å². The van der Waals surface area contributed by atoms with E-state index < -0.39 is 25.5 Å². The van der Waals surface area contributed by atoms with E-state index in [0.29, 0.717) is 23.3 Å². The molecular weight excluding hydrogens is 425 g/mol. The Morgan fingerprint density at radius 2 is 1.94 bits per heavy atom. The van der Waals surface area contributed by atoms with Crippen LogP contribution >= 0.6 is 7.75 Å². The molecule has 0 amide bonds. The maximum absolute atomic E-state index is 13.8. The number of benzene rings is 2. The van der Waals surface area contributed by atoms with E-state index in [1.165, 1.54) is 16.5 Å².